The fourth-order valence-corrected chi connectivity index (χ4v) is 0.789. The van der Waals surface area contributed by atoms with Gasteiger partial charge < -0.3 is 9.84 Å². The van der Waals surface area contributed by atoms with E-state index in [1.165, 1.54) is 0 Å². The van der Waals surface area contributed by atoms with Crippen LogP contribution in [-0.4, -0.2) is 23.7 Å². The van der Waals surface area contributed by atoms with E-state index in [0.717, 1.165) is 6.42 Å². The van der Waals surface area contributed by atoms with Crippen LogP contribution in [0.15, 0.2) is 0 Å². The quantitative estimate of drug-likeness (QED) is 0.377. The monoisotopic (exact) mass is 184 g/mol. The van der Waals surface area contributed by atoms with Crippen LogP contribution in [0.5, 0.6) is 0 Å². The van der Waals surface area contributed by atoms with Crippen LogP contribution in [0.4, 0.5) is 0 Å². The molecule has 0 aliphatic carbocycles. The van der Waals surface area contributed by atoms with Gasteiger partial charge in [0.25, 0.3) is 12.3 Å². The average Bonchev–Trinajstić information content (AvgIpc) is 2.12. The molecule has 1 unspecified atom stereocenters. The highest BCUT2D eigenvalue weighted by Gasteiger charge is 2.24. The highest BCUT2D eigenvalue weighted by molar-refractivity contribution is 5.72. The van der Waals surface area contributed by atoms with Gasteiger partial charge in [-0.1, -0.05) is 13.3 Å². The van der Waals surface area contributed by atoms with Crippen molar-refractivity contribution >= 4 is 12.8 Å². The van der Waals surface area contributed by atoms with Gasteiger partial charge in [0.05, 0.1) is 0 Å². The summed E-state index contributed by atoms with van der Waals surface area (Å²) in [6.45, 7) is 2.05. The van der Waals surface area contributed by atoms with E-state index >= 15 is 0 Å². The molecule has 13 heavy (non-hydrogen) atoms. The number of carbonyl (C=O) groups excluding carboxylic acids is 2. The van der Waals surface area contributed by atoms with Gasteiger partial charge in [0.15, 0.2) is 6.29 Å². The average molecular weight is 184 g/mol. The van der Waals surface area contributed by atoms with Gasteiger partial charge in [0.1, 0.15) is 0 Å². The standard InChI is InChI=1S/C9H12O4/c1-2-3-5-9(12,13-8-11)6-4-7-10/h7-8,12H,2-3,5H2,1H3. The lowest BCUT2D eigenvalue weighted by Gasteiger charge is -2.18. The molecule has 0 aromatic heterocycles. The van der Waals surface area contributed by atoms with Crippen molar-refractivity contribution in [2.75, 3.05) is 0 Å². The number of ether oxygens (including phenoxy) is 1. The second-order valence-electron chi connectivity index (χ2n) is 2.49. The minimum absolute atomic E-state index is 0.120. The van der Waals surface area contributed by atoms with Gasteiger partial charge in [0, 0.05) is 6.42 Å². The Morgan fingerprint density at radius 1 is 1.54 bits per heavy atom. The van der Waals surface area contributed by atoms with Crippen LogP contribution < -0.4 is 0 Å². The van der Waals surface area contributed by atoms with E-state index < -0.39 is 5.79 Å². The van der Waals surface area contributed by atoms with Gasteiger partial charge >= 0.3 is 0 Å². The first-order valence-corrected chi connectivity index (χ1v) is 3.98. The van der Waals surface area contributed by atoms with Gasteiger partial charge in [-0.3, -0.25) is 9.59 Å². The Morgan fingerprint density at radius 3 is 2.69 bits per heavy atom. The molecule has 0 bridgehead atoms. The number of aliphatic hydroxyl groups is 1. The van der Waals surface area contributed by atoms with Crippen LogP contribution in [0.2, 0.25) is 0 Å². The number of hydrogen-bond donors (Lipinski definition) is 1. The summed E-state index contributed by atoms with van der Waals surface area (Å²) in [5, 5.41) is 9.49. The third-order valence-corrected chi connectivity index (χ3v) is 1.44. The summed E-state index contributed by atoms with van der Waals surface area (Å²) in [5.41, 5.74) is 0. The van der Waals surface area contributed by atoms with Crippen molar-refractivity contribution < 1.29 is 19.4 Å². The summed E-state index contributed by atoms with van der Waals surface area (Å²) in [6.07, 6.45) is 2.05. The maximum Gasteiger partial charge on any atom is 0.296 e. The molecule has 0 saturated carbocycles. The Labute approximate surface area is 76.9 Å². The lowest BCUT2D eigenvalue weighted by atomic mass is 10.1. The predicted molar refractivity (Wildman–Crippen MR) is 45.5 cm³/mol. The van der Waals surface area contributed by atoms with Crippen LogP contribution in [0, 0.1) is 11.8 Å². The minimum Gasteiger partial charge on any atom is -0.423 e. The van der Waals surface area contributed by atoms with Crippen molar-refractivity contribution in [2.45, 2.75) is 32.0 Å². The van der Waals surface area contributed by atoms with E-state index in [9.17, 15) is 14.7 Å². The van der Waals surface area contributed by atoms with Gasteiger partial charge in [-0.15, -0.1) is 0 Å². The third-order valence-electron chi connectivity index (χ3n) is 1.44. The molecule has 0 spiro atoms. The van der Waals surface area contributed by atoms with Crippen molar-refractivity contribution in [3.63, 3.8) is 0 Å². The molecule has 0 rings (SSSR count). The molecule has 0 aromatic rings. The molecule has 0 saturated heterocycles. The molecular formula is C9H12O4. The summed E-state index contributed by atoms with van der Waals surface area (Å²) in [6, 6.07) is 0. The molecule has 0 heterocycles. The molecule has 0 radical (unpaired) electrons. The largest absolute Gasteiger partial charge is 0.423 e. The van der Waals surface area contributed by atoms with Crippen LogP contribution in [0.25, 0.3) is 0 Å². The van der Waals surface area contributed by atoms with Crippen LogP contribution in [-0.2, 0) is 14.3 Å². The number of carbonyl (C=O) groups is 2. The van der Waals surface area contributed by atoms with Gasteiger partial charge in [-0.05, 0) is 18.3 Å². The Balaban J connectivity index is 4.31. The zero-order valence-electron chi connectivity index (χ0n) is 7.45. The lowest BCUT2D eigenvalue weighted by Crippen LogP contribution is -2.30. The molecule has 0 amide bonds. The van der Waals surface area contributed by atoms with E-state index in [4.69, 9.17) is 0 Å². The van der Waals surface area contributed by atoms with Crippen molar-refractivity contribution in [3.05, 3.63) is 0 Å². The first kappa shape index (κ1) is 11.7. The molecule has 4 nitrogen and oxygen atoms in total. The Kier molecular flexibility index (Phi) is 5.57. The van der Waals surface area contributed by atoms with E-state index in [1.807, 2.05) is 12.8 Å². The maximum absolute atomic E-state index is 10.0. The molecular weight excluding hydrogens is 172 g/mol. The zero-order valence-corrected chi connectivity index (χ0v) is 7.45. The van der Waals surface area contributed by atoms with Crippen molar-refractivity contribution in [2.24, 2.45) is 0 Å². The smallest absolute Gasteiger partial charge is 0.296 e. The van der Waals surface area contributed by atoms with Crippen LogP contribution in [0.1, 0.15) is 26.2 Å². The summed E-state index contributed by atoms with van der Waals surface area (Å²) >= 11 is 0. The Bertz CT molecular complexity index is 226. The fourth-order valence-electron chi connectivity index (χ4n) is 0.789. The Hall–Kier alpha value is -1.34. The number of unbranched alkanes of at least 4 members (excludes halogenated alkanes) is 1. The van der Waals surface area contributed by atoms with E-state index in [-0.39, 0.29) is 12.9 Å². The van der Waals surface area contributed by atoms with Crippen LogP contribution >= 0.6 is 0 Å². The first-order chi connectivity index (χ1) is 6.18. The molecule has 1 N–H and O–H groups in total. The summed E-state index contributed by atoms with van der Waals surface area (Å²) in [4.78, 5) is 19.9. The van der Waals surface area contributed by atoms with Crippen molar-refractivity contribution in [1.82, 2.24) is 0 Å². The predicted octanol–water partition coefficient (Wildman–Crippen LogP) is 0.240. The summed E-state index contributed by atoms with van der Waals surface area (Å²) in [5.74, 6) is 2.38. The highest BCUT2D eigenvalue weighted by Crippen LogP contribution is 2.13. The van der Waals surface area contributed by atoms with E-state index in [1.54, 1.807) is 0 Å². The molecule has 4 heteroatoms. The topological polar surface area (TPSA) is 63.6 Å². The summed E-state index contributed by atoms with van der Waals surface area (Å²) in [7, 11) is 0. The normalized spacial score (nSPS) is 13.4. The number of aldehydes is 1. The number of rotatable bonds is 5. The molecule has 72 valence electrons. The molecule has 0 aliphatic heterocycles. The Morgan fingerprint density at radius 2 is 2.23 bits per heavy atom. The summed E-state index contributed by atoms with van der Waals surface area (Å²) < 4.78 is 4.38. The third kappa shape index (κ3) is 4.99. The van der Waals surface area contributed by atoms with Gasteiger partial charge in [0.2, 0.25) is 0 Å². The number of hydrogen-bond acceptors (Lipinski definition) is 4. The van der Waals surface area contributed by atoms with Crippen molar-refractivity contribution in [3.8, 4) is 11.8 Å². The SMILES string of the molecule is CCCCC(O)(C#CC=O)OC=O. The molecule has 0 aromatic carbocycles. The molecule has 0 fully saturated rings. The van der Waals surface area contributed by atoms with Crippen molar-refractivity contribution in [1.29, 1.82) is 0 Å². The van der Waals surface area contributed by atoms with Crippen LogP contribution in [0.3, 0.4) is 0 Å². The fraction of sp³-hybridized carbons (Fsp3) is 0.556. The van der Waals surface area contributed by atoms with Gasteiger partial charge in [-0.2, -0.15) is 0 Å². The van der Waals surface area contributed by atoms with Gasteiger partial charge in [-0.25, -0.2) is 0 Å². The molecule has 0 aliphatic rings. The first-order valence-electron chi connectivity index (χ1n) is 3.98. The highest BCUT2D eigenvalue weighted by atomic mass is 16.6. The second-order valence-corrected chi connectivity index (χ2v) is 2.49. The molecule has 1 atom stereocenters. The van der Waals surface area contributed by atoms with E-state index in [2.05, 4.69) is 10.7 Å². The minimum atomic E-state index is -1.81. The maximum atomic E-state index is 10.0. The second kappa shape index (κ2) is 6.21. The lowest BCUT2D eigenvalue weighted by molar-refractivity contribution is -0.174. The zero-order chi connectivity index (χ0) is 10.2. The van der Waals surface area contributed by atoms with E-state index in [0.29, 0.717) is 12.7 Å².